The Kier molecular flexibility index (Phi) is 5.53. The average Bonchev–Trinajstić information content (AvgIpc) is 3.35. The highest BCUT2D eigenvalue weighted by atomic mass is 32.2. The summed E-state index contributed by atoms with van der Waals surface area (Å²) in [4.78, 5) is 0. The van der Waals surface area contributed by atoms with Crippen LogP contribution in [0, 0.1) is 17.2 Å². The van der Waals surface area contributed by atoms with Crippen molar-refractivity contribution in [3.8, 4) is 5.69 Å². The molecule has 3 aromatic rings. The predicted molar refractivity (Wildman–Crippen MR) is 126 cm³/mol. The summed E-state index contributed by atoms with van der Waals surface area (Å²) in [6, 6.07) is 8.63. The quantitative estimate of drug-likeness (QED) is 0.442. The summed E-state index contributed by atoms with van der Waals surface area (Å²) in [5, 5.41) is 12.2. The number of sulfonamides is 1. The summed E-state index contributed by atoms with van der Waals surface area (Å²) < 4.78 is 81.9. The molecular weight excluding hydrogens is 510 g/mol. The second-order valence-electron chi connectivity index (χ2n) is 9.99. The molecule has 2 fully saturated rings. The summed E-state index contributed by atoms with van der Waals surface area (Å²) in [5.74, 6) is -2.36. The van der Waals surface area contributed by atoms with Crippen molar-refractivity contribution in [2.24, 2.45) is 11.3 Å². The minimum Gasteiger partial charge on any atom is -0.233 e. The molecule has 6 rings (SSSR count). The van der Waals surface area contributed by atoms with Gasteiger partial charge in [-0.3, -0.25) is 0 Å². The van der Waals surface area contributed by atoms with Gasteiger partial charge in [0, 0.05) is 17.7 Å². The van der Waals surface area contributed by atoms with Crippen LogP contribution >= 0.6 is 0 Å². The molecule has 1 spiro atoms. The van der Waals surface area contributed by atoms with E-state index in [-0.39, 0.29) is 23.7 Å². The molecule has 3 atom stereocenters. The first-order valence-electron chi connectivity index (χ1n) is 11.9. The largest absolute Gasteiger partial charge is 0.404 e. The number of benzene rings is 1. The molecule has 37 heavy (non-hydrogen) atoms. The molecule has 0 N–H and O–H groups in total. The molecule has 3 aliphatic rings. The number of fused-ring (bicyclic) bond motifs is 1. The standard InChI is InChI=1S/C25H23F4N5O2S/c26-18-4-6-20(7-5-18)34-22-10-17-3-8-21-23(12-24(17,21)11-16(22)13-31-34)33(14-19-2-1-9-30-32-19)37(35,36)15-25(27,28)29/h1-2,4-7,9-10,13,21,23H,3,8,11-12,14-15H2/t21-,23?,24-/m1/s1. The Bertz CT molecular complexity index is 1470. The van der Waals surface area contributed by atoms with Gasteiger partial charge in [-0.1, -0.05) is 5.57 Å². The van der Waals surface area contributed by atoms with Crippen LogP contribution in [0.3, 0.4) is 0 Å². The van der Waals surface area contributed by atoms with Crippen molar-refractivity contribution >= 4 is 16.1 Å². The van der Waals surface area contributed by atoms with Gasteiger partial charge in [-0.25, -0.2) is 17.5 Å². The third kappa shape index (κ3) is 4.15. The molecule has 2 saturated carbocycles. The van der Waals surface area contributed by atoms with Crippen molar-refractivity contribution in [2.45, 2.75) is 44.4 Å². The number of rotatable bonds is 6. The van der Waals surface area contributed by atoms with E-state index in [1.807, 2.05) is 0 Å². The number of hydrogen-bond acceptors (Lipinski definition) is 5. The van der Waals surface area contributed by atoms with Crippen LogP contribution in [0.2, 0.25) is 0 Å². The highest BCUT2D eigenvalue weighted by Gasteiger charge is 2.63. The Morgan fingerprint density at radius 1 is 1.16 bits per heavy atom. The number of alkyl halides is 3. The fourth-order valence-electron chi connectivity index (χ4n) is 6.37. The average molecular weight is 534 g/mol. The molecule has 7 nitrogen and oxygen atoms in total. The fraction of sp³-hybridized carbons (Fsp3) is 0.400. The molecule has 0 saturated heterocycles. The minimum absolute atomic E-state index is 0.110. The monoisotopic (exact) mass is 533 g/mol. The van der Waals surface area contributed by atoms with Gasteiger partial charge in [0.25, 0.3) is 0 Å². The van der Waals surface area contributed by atoms with Gasteiger partial charge in [-0.05, 0) is 79.6 Å². The molecule has 0 amide bonds. The predicted octanol–water partition coefficient (Wildman–Crippen LogP) is 4.30. The van der Waals surface area contributed by atoms with Gasteiger partial charge in [0.05, 0.1) is 29.8 Å². The van der Waals surface area contributed by atoms with E-state index in [0.29, 0.717) is 25.0 Å². The SMILES string of the molecule is O=S(=O)(CC(F)(F)F)N(Cc1cccnn1)C1C[C@]23Cc4cnn(-c5ccc(F)cc5)c4C=C2CC[C@H]13. The summed E-state index contributed by atoms with van der Waals surface area (Å²) in [7, 11) is -4.64. The van der Waals surface area contributed by atoms with Crippen LogP contribution in [0.4, 0.5) is 17.6 Å². The van der Waals surface area contributed by atoms with E-state index >= 15 is 0 Å². The number of halogens is 4. The molecule has 2 heterocycles. The van der Waals surface area contributed by atoms with Crippen LogP contribution in [0.25, 0.3) is 11.8 Å². The van der Waals surface area contributed by atoms with Crippen LogP contribution < -0.4 is 0 Å². The maximum Gasteiger partial charge on any atom is 0.404 e. The van der Waals surface area contributed by atoms with Crippen LogP contribution in [0.15, 0.2) is 54.4 Å². The second-order valence-corrected chi connectivity index (χ2v) is 11.9. The van der Waals surface area contributed by atoms with Gasteiger partial charge in [0.1, 0.15) is 5.82 Å². The first-order valence-corrected chi connectivity index (χ1v) is 13.5. The van der Waals surface area contributed by atoms with Gasteiger partial charge >= 0.3 is 6.18 Å². The van der Waals surface area contributed by atoms with Crippen molar-refractivity contribution in [1.82, 2.24) is 24.3 Å². The molecular formula is C25H23F4N5O2S. The van der Waals surface area contributed by atoms with Crippen molar-refractivity contribution in [3.05, 3.63) is 77.1 Å². The van der Waals surface area contributed by atoms with Crippen LogP contribution in [0.1, 0.15) is 36.2 Å². The van der Waals surface area contributed by atoms with Crippen LogP contribution in [-0.2, 0) is 23.0 Å². The Hall–Kier alpha value is -3.12. The van der Waals surface area contributed by atoms with Gasteiger partial charge in [0.15, 0.2) is 5.75 Å². The third-order valence-corrected chi connectivity index (χ3v) is 9.71. The van der Waals surface area contributed by atoms with E-state index in [4.69, 9.17) is 0 Å². The van der Waals surface area contributed by atoms with Crippen molar-refractivity contribution in [3.63, 3.8) is 0 Å². The normalized spacial score (nSPS) is 24.7. The van der Waals surface area contributed by atoms with Gasteiger partial charge in [0.2, 0.25) is 10.0 Å². The van der Waals surface area contributed by atoms with E-state index in [9.17, 15) is 26.0 Å². The molecule has 0 aliphatic heterocycles. The molecule has 0 bridgehead atoms. The number of aromatic nitrogens is 4. The first-order chi connectivity index (χ1) is 17.6. The van der Waals surface area contributed by atoms with E-state index in [2.05, 4.69) is 21.4 Å². The molecule has 12 heteroatoms. The molecule has 1 unspecified atom stereocenters. The van der Waals surface area contributed by atoms with Crippen LogP contribution in [-0.4, -0.2) is 50.7 Å². The Labute approximate surface area is 210 Å². The molecule has 2 aromatic heterocycles. The van der Waals surface area contributed by atoms with E-state index in [1.54, 1.807) is 35.1 Å². The third-order valence-electron chi connectivity index (χ3n) is 7.90. The van der Waals surface area contributed by atoms with Gasteiger partial charge in [-0.2, -0.15) is 32.8 Å². The Balaban J connectivity index is 1.31. The lowest BCUT2D eigenvalue weighted by molar-refractivity contribution is -0.107. The van der Waals surface area contributed by atoms with Gasteiger partial charge < -0.3 is 0 Å². The first kappa shape index (κ1) is 24.2. The molecule has 1 aromatic carbocycles. The Morgan fingerprint density at radius 3 is 2.65 bits per heavy atom. The topological polar surface area (TPSA) is 81.0 Å². The van der Waals surface area contributed by atoms with E-state index in [0.717, 1.165) is 33.2 Å². The summed E-state index contributed by atoms with van der Waals surface area (Å²) >= 11 is 0. The lowest BCUT2D eigenvalue weighted by atomic mass is 9.53. The van der Waals surface area contributed by atoms with Crippen LogP contribution in [0.5, 0.6) is 0 Å². The van der Waals surface area contributed by atoms with Crippen molar-refractivity contribution < 1.29 is 26.0 Å². The zero-order valence-corrected chi connectivity index (χ0v) is 20.4. The Morgan fingerprint density at radius 2 is 1.95 bits per heavy atom. The molecule has 3 aliphatic carbocycles. The van der Waals surface area contributed by atoms with E-state index in [1.165, 1.54) is 18.3 Å². The maximum absolute atomic E-state index is 13.4. The lowest BCUT2D eigenvalue weighted by Gasteiger charge is -2.56. The highest BCUT2D eigenvalue weighted by molar-refractivity contribution is 7.89. The zero-order chi connectivity index (χ0) is 26.0. The second kappa shape index (κ2) is 8.45. The van der Waals surface area contributed by atoms with Crippen molar-refractivity contribution in [2.75, 3.05) is 5.75 Å². The zero-order valence-electron chi connectivity index (χ0n) is 19.6. The number of hydrogen-bond donors (Lipinski definition) is 0. The minimum atomic E-state index is -4.85. The summed E-state index contributed by atoms with van der Waals surface area (Å²) in [5.41, 5.74) is 3.77. The smallest absolute Gasteiger partial charge is 0.233 e. The molecule has 194 valence electrons. The van der Waals surface area contributed by atoms with E-state index < -0.39 is 28.0 Å². The lowest BCUT2D eigenvalue weighted by Crippen LogP contribution is -2.60. The number of nitrogens with zero attached hydrogens (tertiary/aromatic N) is 5. The highest BCUT2D eigenvalue weighted by Crippen LogP contribution is 2.65. The summed E-state index contributed by atoms with van der Waals surface area (Å²) in [6.07, 6.45) is 2.89. The summed E-state index contributed by atoms with van der Waals surface area (Å²) in [6.45, 7) is -0.254. The maximum atomic E-state index is 13.4. The van der Waals surface area contributed by atoms with Crippen molar-refractivity contribution in [1.29, 1.82) is 0 Å². The van der Waals surface area contributed by atoms with Gasteiger partial charge in [-0.15, -0.1) is 0 Å². The molecule has 0 radical (unpaired) electrons. The number of allylic oxidation sites excluding steroid dienone is 1. The fourth-order valence-corrected chi connectivity index (χ4v) is 7.91.